The minimum absolute atomic E-state index is 0.0285. The van der Waals surface area contributed by atoms with Gasteiger partial charge < -0.3 is 19.5 Å². The first-order valence-electron chi connectivity index (χ1n) is 9.67. The van der Waals surface area contributed by atoms with Gasteiger partial charge in [0.15, 0.2) is 21.3 Å². The van der Waals surface area contributed by atoms with E-state index < -0.39 is 9.84 Å². The molecule has 162 valence electrons. The lowest BCUT2D eigenvalue weighted by Gasteiger charge is -2.27. The predicted octanol–water partition coefficient (Wildman–Crippen LogP) is 2.05. The van der Waals surface area contributed by atoms with Crippen molar-refractivity contribution in [2.75, 3.05) is 38.2 Å². The Kier molecular flexibility index (Phi) is 5.13. The zero-order valence-corrected chi connectivity index (χ0v) is 18.2. The maximum atomic E-state index is 12.6. The van der Waals surface area contributed by atoms with Gasteiger partial charge in [0.05, 0.1) is 44.6 Å². The number of anilines is 1. The number of fused-ring (bicyclic) bond motifs is 1. The number of nitrogens with zero attached hydrogens (tertiary/aromatic N) is 2. The Morgan fingerprint density at radius 3 is 2.47 bits per heavy atom. The molecule has 10 heteroatoms. The molecule has 2 aliphatic rings. The number of carbonyl (C=O) groups is 1. The SMILES string of the molecule is COc1ccc([C@@H]2CC(=O)Nc3c2c(C)nn3[C@@H]2CCS(=O)(=O)C2)c(OC)c1OC. The Morgan fingerprint density at radius 1 is 1.13 bits per heavy atom. The van der Waals surface area contributed by atoms with Gasteiger partial charge in [0.2, 0.25) is 11.7 Å². The third kappa shape index (κ3) is 3.28. The fourth-order valence-electron chi connectivity index (χ4n) is 4.47. The van der Waals surface area contributed by atoms with E-state index in [0.717, 1.165) is 16.8 Å². The van der Waals surface area contributed by atoms with Crippen LogP contribution >= 0.6 is 0 Å². The van der Waals surface area contributed by atoms with Gasteiger partial charge in [-0.25, -0.2) is 13.1 Å². The van der Waals surface area contributed by atoms with Crippen LogP contribution in [0.3, 0.4) is 0 Å². The minimum Gasteiger partial charge on any atom is -0.493 e. The largest absolute Gasteiger partial charge is 0.493 e. The van der Waals surface area contributed by atoms with Crippen LogP contribution in [0.1, 0.15) is 41.6 Å². The van der Waals surface area contributed by atoms with Crippen LogP contribution in [0.4, 0.5) is 5.82 Å². The molecule has 2 aliphatic heterocycles. The monoisotopic (exact) mass is 435 g/mol. The molecule has 2 aromatic rings. The molecule has 1 N–H and O–H groups in total. The van der Waals surface area contributed by atoms with Crippen molar-refractivity contribution >= 4 is 21.6 Å². The molecule has 1 amide bonds. The highest BCUT2D eigenvalue weighted by Gasteiger charge is 2.38. The Bertz CT molecular complexity index is 1110. The maximum absolute atomic E-state index is 12.6. The number of benzene rings is 1. The van der Waals surface area contributed by atoms with Crippen molar-refractivity contribution < 1.29 is 27.4 Å². The maximum Gasteiger partial charge on any atom is 0.226 e. The Labute approximate surface area is 175 Å². The van der Waals surface area contributed by atoms with Crippen molar-refractivity contribution in [3.05, 3.63) is 29.0 Å². The molecule has 1 aromatic carbocycles. The van der Waals surface area contributed by atoms with Crippen molar-refractivity contribution in [2.45, 2.75) is 31.7 Å². The first-order valence-corrected chi connectivity index (χ1v) is 11.5. The number of ether oxygens (including phenoxy) is 3. The van der Waals surface area contributed by atoms with Gasteiger partial charge in [-0.3, -0.25) is 4.79 Å². The van der Waals surface area contributed by atoms with E-state index in [1.165, 1.54) is 7.11 Å². The Balaban J connectivity index is 1.85. The lowest BCUT2D eigenvalue weighted by Crippen LogP contribution is -2.26. The molecule has 0 spiro atoms. The van der Waals surface area contributed by atoms with Crippen molar-refractivity contribution in [3.63, 3.8) is 0 Å². The summed E-state index contributed by atoms with van der Waals surface area (Å²) in [4.78, 5) is 12.6. The second kappa shape index (κ2) is 7.50. The van der Waals surface area contributed by atoms with E-state index in [4.69, 9.17) is 14.2 Å². The number of sulfone groups is 1. The van der Waals surface area contributed by atoms with Crippen molar-refractivity contribution in [2.24, 2.45) is 0 Å². The van der Waals surface area contributed by atoms with Crippen LogP contribution in [0, 0.1) is 6.92 Å². The summed E-state index contributed by atoms with van der Waals surface area (Å²) < 4.78 is 42.2. The van der Waals surface area contributed by atoms with Crippen LogP contribution in [-0.4, -0.2) is 56.9 Å². The molecule has 0 radical (unpaired) electrons. The molecule has 1 aromatic heterocycles. The molecule has 0 saturated carbocycles. The van der Waals surface area contributed by atoms with Gasteiger partial charge in [0, 0.05) is 23.5 Å². The molecule has 3 heterocycles. The second-order valence-corrected chi connectivity index (χ2v) is 9.81. The van der Waals surface area contributed by atoms with Gasteiger partial charge in [-0.2, -0.15) is 5.10 Å². The predicted molar refractivity (Wildman–Crippen MR) is 110 cm³/mol. The van der Waals surface area contributed by atoms with Gasteiger partial charge in [0.25, 0.3) is 0 Å². The Morgan fingerprint density at radius 2 is 1.87 bits per heavy atom. The number of nitrogens with one attached hydrogen (secondary N) is 1. The van der Waals surface area contributed by atoms with Crippen molar-refractivity contribution in [1.29, 1.82) is 0 Å². The van der Waals surface area contributed by atoms with Crippen molar-refractivity contribution in [1.82, 2.24) is 9.78 Å². The molecule has 1 fully saturated rings. The van der Waals surface area contributed by atoms with E-state index in [2.05, 4.69) is 10.4 Å². The van der Waals surface area contributed by atoms with Crippen LogP contribution in [0.5, 0.6) is 17.2 Å². The van der Waals surface area contributed by atoms with Crippen LogP contribution in [0.25, 0.3) is 0 Å². The average Bonchev–Trinajstić information content (AvgIpc) is 3.24. The first-order chi connectivity index (χ1) is 14.3. The normalized spacial score (nSPS) is 22.3. The number of methoxy groups -OCH3 is 3. The summed E-state index contributed by atoms with van der Waals surface area (Å²) in [5.74, 6) is 1.74. The van der Waals surface area contributed by atoms with E-state index in [1.807, 2.05) is 13.0 Å². The third-order valence-electron chi connectivity index (χ3n) is 5.79. The summed E-state index contributed by atoms with van der Waals surface area (Å²) in [6, 6.07) is 3.36. The van der Waals surface area contributed by atoms with Crippen molar-refractivity contribution in [3.8, 4) is 17.2 Å². The van der Waals surface area contributed by atoms with Crippen LogP contribution in [0.2, 0.25) is 0 Å². The van der Waals surface area contributed by atoms with Gasteiger partial charge in [-0.1, -0.05) is 6.07 Å². The lowest BCUT2D eigenvalue weighted by molar-refractivity contribution is -0.116. The lowest BCUT2D eigenvalue weighted by atomic mass is 9.85. The molecule has 0 aliphatic carbocycles. The highest BCUT2D eigenvalue weighted by Crippen LogP contribution is 2.48. The fraction of sp³-hybridized carbons (Fsp3) is 0.500. The summed E-state index contributed by atoms with van der Waals surface area (Å²) in [6.07, 6.45) is 0.699. The van der Waals surface area contributed by atoms with Gasteiger partial charge >= 0.3 is 0 Å². The van der Waals surface area contributed by atoms with E-state index in [9.17, 15) is 13.2 Å². The van der Waals surface area contributed by atoms with Gasteiger partial charge in [0.1, 0.15) is 5.82 Å². The van der Waals surface area contributed by atoms with Crippen LogP contribution in [-0.2, 0) is 14.6 Å². The smallest absolute Gasteiger partial charge is 0.226 e. The molecule has 0 unspecified atom stereocenters. The van der Waals surface area contributed by atoms with E-state index in [0.29, 0.717) is 29.5 Å². The molecular weight excluding hydrogens is 410 g/mol. The van der Waals surface area contributed by atoms with Crippen LogP contribution in [0.15, 0.2) is 12.1 Å². The minimum atomic E-state index is -3.09. The number of aromatic nitrogens is 2. The average molecular weight is 436 g/mol. The Hall–Kier alpha value is -2.75. The molecule has 4 rings (SSSR count). The number of rotatable bonds is 5. The molecule has 9 nitrogen and oxygen atoms in total. The number of hydrogen-bond acceptors (Lipinski definition) is 7. The number of carbonyl (C=O) groups excluding carboxylic acids is 1. The zero-order valence-electron chi connectivity index (χ0n) is 17.4. The third-order valence-corrected chi connectivity index (χ3v) is 7.54. The highest BCUT2D eigenvalue weighted by molar-refractivity contribution is 7.91. The standard InChI is InChI=1S/C20H25N3O6S/c1-11-17-14(13-5-6-15(27-2)19(29-4)18(13)28-3)9-16(24)21-20(17)23(22-11)12-7-8-30(25,26)10-12/h5-6,12,14H,7-10H2,1-4H3,(H,21,24)/t12-,14+/m1/s1. The molecular formula is C20H25N3O6S. The summed E-state index contributed by atoms with van der Waals surface area (Å²) in [7, 11) is 1.54. The summed E-state index contributed by atoms with van der Waals surface area (Å²) in [6.45, 7) is 1.87. The number of hydrogen-bond donors (Lipinski definition) is 1. The van der Waals surface area contributed by atoms with Crippen LogP contribution < -0.4 is 19.5 Å². The zero-order chi connectivity index (χ0) is 21.6. The van der Waals surface area contributed by atoms with E-state index >= 15 is 0 Å². The summed E-state index contributed by atoms with van der Waals surface area (Å²) in [5.41, 5.74) is 2.40. The van der Waals surface area contributed by atoms with Gasteiger partial charge in [-0.05, 0) is 19.4 Å². The molecule has 1 saturated heterocycles. The van der Waals surface area contributed by atoms with Gasteiger partial charge in [-0.15, -0.1) is 0 Å². The highest BCUT2D eigenvalue weighted by atomic mass is 32.2. The second-order valence-electron chi connectivity index (χ2n) is 7.58. The first kappa shape index (κ1) is 20.5. The topological polar surface area (TPSA) is 109 Å². The van der Waals surface area contributed by atoms with E-state index in [-0.39, 0.29) is 35.8 Å². The summed E-state index contributed by atoms with van der Waals surface area (Å²) >= 11 is 0. The number of aryl methyl sites for hydroxylation is 1. The molecule has 30 heavy (non-hydrogen) atoms. The number of amides is 1. The molecule has 2 atom stereocenters. The fourth-order valence-corrected chi connectivity index (χ4v) is 6.16. The quantitative estimate of drug-likeness (QED) is 0.766. The summed E-state index contributed by atoms with van der Waals surface area (Å²) in [5, 5.41) is 7.53. The van der Waals surface area contributed by atoms with E-state index in [1.54, 1.807) is 25.0 Å². The molecule has 0 bridgehead atoms.